The summed E-state index contributed by atoms with van der Waals surface area (Å²) >= 11 is 0. The number of aromatic nitrogens is 3. The lowest BCUT2D eigenvalue weighted by Crippen LogP contribution is -2.31. The van der Waals surface area contributed by atoms with Gasteiger partial charge in [0.05, 0.1) is 18.9 Å². The number of nitrogens with two attached hydrogens (primary N) is 2. The number of hydrogen-bond acceptors (Lipinski definition) is 6. The molecule has 1 unspecified atom stereocenters. The fraction of sp³-hybridized carbons (Fsp3) is 0.423. The van der Waals surface area contributed by atoms with Gasteiger partial charge in [0.15, 0.2) is 5.78 Å². The van der Waals surface area contributed by atoms with E-state index in [0.717, 1.165) is 49.7 Å². The van der Waals surface area contributed by atoms with E-state index in [9.17, 15) is 4.79 Å². The summed E-state index contributed by atoms with van der Waals surface area (Å²) in [5, 5.41) is 8.32. The Morgan fingerprint density at radius 3 is 2.39 bits per heavy atom. The number of ether oxygens (including phenoxy) is 1. The van der Waals surface area contributed by atoms with E-state index in [1.807, 2.05) is 0 Å². The summed E-state index contributed by atoms with van der Waals surface area (Å²) in [4.78, 5) is 13.3. The van der Waals surface area contributed by atoms with Crippen LogP contribution in [0.15, 0.2) is 48.7 Å². The van der Waals surface area contributed by atoms with E-state index in [0.29, 0.717) is 12.3 Å². The normalized spacial score (nSPS) is 22.3. The molecule has 1 fully saturated rings. The summed E-state index contributed by atoms with van der Waals surface area (Å²) in [6.45, 7) is 0.476. The quantitative estimate of drug-likeness (QED) is 0.564. The van der Waals surface area contributed by atoms with Crippen LogP contribution in [0.1, 0.15) is 51.1 Å². The Morgan fingerprint density at radius 1 is 0.970 bits per heavy atom. The minimum Gasteiger partial charge on any atom is -0.370 e. The van der Waals surface area contributed by atoms with Crippen LogP contribution in [0.3, 0.4) is 0 Å². The molecule has 7 heteroatoms. The molecule has 0 spiro atoms. The van der Waals surface area contributed by atoms with Crippen LogP contribution in [-0.4, -0.2) is 39.0 Å². The second kappa shape index (κ2) is 9.55. The third-order valence-corrected chi connectivity index (χ3v) is 6.81. The van der Waals surface area contributed by atoms with E-state index in [1.54, 1.807) is 10.9 Å². The average Bonchev–Trinajstić information content (AvgIpc) is 3.38. The molecular weight excluding hydrogens is 414 g/mol. The van der Waals surface area contributed by atoms with Gasteiger partial charge in [-0.3, -0.25) is 4.79 Å². The highest BCUT2D eigenvalue weighted by molar-refractivity contribution is 5.97. The summed E-state index contributed by atoms with van der Waals surface area (Å²) in [5.41, 5.74) is 18.4. The van der Waals surface area contributed by atoms with Crippen molar-refractivity contribution < 1.29 is 9.53 Å². The molecule has 0 saturated heterocycles. The van der Waals surface area contributed by atoms with Gasteiger partial charge in [-0.15, -0.1) is 5.10 Å². The van der Waals surface area contributed by atoms with Crippen LogP contribution in [0.25, 0.3) is 0 Å². The van der Waals surface area contributed by atoms with Crippen LogP contribution in [0, 0.1) is 0 Å². The van der Waals surface area contributed by atoms with Crippen molar-refractivity contribution in [2.75, 3.05) is 0 Å². The van der Waals surface area contributed by atoms with Crippen molar-refractivity contribution in [2.24, 2.45) is 11.5 Å². The Hall–Kier alpha value is -2.87. The molecule has 2 aromatic carbocycles. The van der Waals surface area contributed by atoms with Crippen molar-refractivity contribution in [3.63, 3.8) is 0 Å². The Labute approximate surface area is 194 Å². The minimum absolute atomic E-state index is 0.0413. The second-order valence-electron chi connectivity index (χ2n) is 9.38. The summed E-state index contributed by atoms with van der Waals surface area (Å²) in [7, 11) is 0. The van der Waals surface area contributed by atoms with Gasteiger partial charge in [0.25, 0.3) is 0 Å². The van der Waals surface area contributed by atoms with E-state index >= 15 is 0 Å². The lowest BCUT2D eigenvalue weighted by Gasteiger charge is -2.14. The van der Waals surface area contributed by atoms with Gasteiger partial charge in [-0.25, -0.2) is 4.68 Å². The number of nitrogens with zero attached hydrogens (tertiary/aromatic N) is 3. The smallest absolute Gasteiger partial charge is 0.184 e. The Morgan fingerprint density at radius 2 is 1.67 bits per heavy atom. The molecule has 8 rings (SSSR count). The Balaban J connectivity index is 1.26. The number of carbonyl (C=O) groups excluding carboxylic acids is 1. The molecule has 7 nitrogen and oxygen atoms in total. The van der Waals surface area contributed by atoms with Crippen LogP contribution in [0.4, 0.5) is 0 Å². The van der Waals surface area contributed by atoms with Crippen molar-refractivity contribution >= 4 is 5.78 Å². The molecule has 3 aromatic rings. The van der Waals surface area contributed by atoms with Gasteiger partial charge in [-0.05, 0) is 66.8 Å². The van der Waals surface area contributed by atoms with Crippen LogP contribution < -0.4 is 11.5 Å². The molecule has 0 radical (unpaired) electrons. The van der Waals surface area contributed by atoms with Crippen LogP contribution in [0.2, 0.25) is 0 Å². The number of hydrogen-bond donors (Lipinski definition) is 2. The maximum Gasteiger partial charge on any atom is 0.184 e. The highest BCUT2D eigenvalue weighted by Gasteiger charge is 2.30. The topological polar surface area (TPSA) is 109 Å². The molecule has 4 bridgehead atoms. The van der Waals surface area contributed by atoms with Crippen molar-refractivity contribution in [3.05, 3.63) is 82.2 Å². The van der Waals surface area contributed by atoms with Crippen LogP contribution >= 0.6 is 0 Å². The maximum absolute atomic E-state index is 13.3. The molecule has 5 aliphatic rings. The van der Waals surface area contributed by atoms with Gasteiger partial charge in [-0.1, -0.05) is 41.6 Å². The zero-order valence-electron chi connectivity index (χ0n) is 18.8. The van der Waals surface area contributed by atoms with Crippen molar-refractivity contribution in [3.8, 4) is 0 Å². The van der Waals surface area contributed by atoms with Gasteiger partial charge in [0.1, 0.15) is 12.2 Å². The summed E-state index contributed by atoms with van der Waals surface area (Å²) in [6.07, 6.45) is 6.89. The first-order valence-electron chi connectivity index (χ1n) is 11.8. The largest absolute Gasteiger partial charge is 0.370 e. The molecule has 172 valence electrons. The van der Waals surface area contributed by atoms with Gasteiger partial charge >= 0.3 is 0 Å². The molecular formula is C26H31N5O2. The maximum atomic E-state index is 13.3. The monoisotopic (exact) mass is 445 g/mol. The molecule has 3 atom stereocenters. The van der Waals surface area contributed by atoms with E-state index in [4.69, 9.17) is 16.2 Å². The number of rotatable bonds is 6. The third kappa shape index (κ3) is 5.21. The van der Waals surface area contributed by atoms with Gasteiger partial charge in [-0.2, -0.15) is 0 Å². The van der Waals surface area contributed by atoms with E-state index < -0.39 is 0 Å². The predicted molar refractivity (Wildman–Crippen MR) is 126 cm³/mol. The van der Waals surface area contributed by atoms with E-state index in [1.165, 1.54) is 16.7 Å². The fourth-order valence-corrected chi connectivity index (χ4v) is 4.87. The summed E-state index contributed by atoms with van der Waals surface area (Å²) < 4.78 is 7.50. The van der Waals surface area contributed by atoms with Crippen molar-refractivity contribution in [1.29, 1.82) is 0 Å². The SMILES string of the molecule is NC1C[C@@H](N)[C@H](OCc2cn(CC(=O)c3cc4ccc3CCc3ccc(cc3)CC4)nn2)C1. The second-order valence-corrected chi connectivity index (χ2v) is 9.38. The van der Waals surface area contributed by atoms with Gasteiger partial charge in [0.2, 0.25) is 0 Å². The number of ketones is 1. The van der Waals surface area contributed by atoms with Crippen molar-refractivity contribution in [1.82, 2.24) is 15.0 Å². The zero-order chi connectivity index (χ0) is 22.8. The average molecular weight is 446 g/mol. The molecule has 1 aromatic heterocycles. The molecule has 33 heavy (non-hydrogen) atoms. The lowest BCUT2D eigenvalue weighted by molar-refractivity contribution is 0.0332. The van der Waals surface area contributed by atoms with Crippen molar-refractivity contribution in [2.45, 2.75) is 69.9 Å². The fourth-order valence-electron chi connectivity index (χ4n) is 4.87. The molecule has 1 heterocycles. The van der Waals surface area contributed by atoms with Crippen LogP contribution in [0.5, 0.6) is 0 Å². The Kier molecular flexibility index (Phi) is 6.35. The molecule has 0 amide bonds. The predicted octanol–water partition coefficient (Wildman–Crippen LogP) is 2.38. The van der Waals surface area contributed by atoms with Gasteiger partial charge < -0.3 is 16.2 Å². The minimum atomic E-state index is -0.0556. The molecule has 1 saturated carbocycles. The summed E-state index contributed by atoms with van der Waals surface area (Å²) in [5.74, 6) is 0.0546. The number of aryl methyl sites for hydroxylation is 4. The molecule has 5 aliphatic carbocycles. The van der Waals surface area contributed by atoms with E-state index in [2.05, 4.69) is 52.8 Å². The lowest BCUT2D eigenvalue weighted by atomic mass is 9.92. The number of benzene rings is 2. The third-order valence-electron chi connectivity index (χ3n) is 6.81. The first-order valence-corrected chi connectivity index (χ1v) is 11.8. The van der Waals surface area contributed by atoms with Gasteiger partial charge in [0, 0.05) is 17.6 Å². The Bertz CT molecular complexity index is 1120. The number of carbonyl (C=O) groups is 1. The zero-order valence-corrected chi connectivity index (χ0v) is 18.8. The first kappa shape index (κ1) is 21.9. The molecule has 4 N–H and O–H groups in total. The van der Waals surface area contributed by atoms with Crippen LogP contribution in [-0.2, 0) is 43.6 Å². The highest BCUT2D eigenvalue weighted by Crippen LogP contribution is 2.22. The number of Topliss-reactive ketones (excluding diaryl/α,β-unsaturated/α-hetero) is 1. The van der Waals surface area contributed by atoms with E-state index in [-0.39, 0.29) is 30.5 Å². The highest BCUT2D eigenvalue weighted by atomic mass is 16.5. The first-order chi connectivity index (χ1) is 16.0. The summed E-state index contributed by atoms with van der Waals surface area (Å²) in [6, 6.07) is 15.2. The molecule has 0 aliphatic heterocycles. The standard InChI is InChI=1S/C26H31N5O2/c27-21-12-24(28)26(13-21)33-16-22-14-31(30-29-22)15-25(32)23-11-19-6-5-17-1-3-18(4-2-17)7-9-20(23)10-8-19/h1-4,8,10-11,14,21,24,26H,5-7,9,12-13,15-16,27-28H2/t21?,24-,26-/m1/s1.